The van der Waals surface area contributed by atoms with E-state index in [9.17, 15) is 17.8 Å². The van der Waals surface area contributed by atoms with Crippen molar-refractivity contribution >= 4 is 49.7 Å². The fourth-order valence-corrected chi connectivity index (χ4v) is 6.78. The van der Waals surface area contributed by atoms with E-state index in [1.54, 1.807) is 12.1 Å². The van der Waals surface area contributed by atoms with Crippen molar-refractivity contribution in [3.8, 4) is 0 Å². The highest BCUT2D eigenvalue weighted by molar-refractivity contribution is 8.26. The molecule has 1 aliphatic rings. The summed E-state index contributed by atoms with van der Waals surface area (Å²) in [6, 6.07) is 21.4. The van der Waals surface area contributed by atoms with E-state index in [1.807, 2.05) is 37.3 Å². The van der Waals surface area contributed by atoms with Gasteiger partial charge in [-0.25, -0.2) is 17.4 Å². The minimum Gasteiger partial charge on any atom is -0.595 e. The molecule has 0 bridgehead atoms. The molecule has 172 valence electrons. The predicted octanol–water partition coefficient (Wildman–Crippen LogP) is 2.69. The summed E-state index contributed by atoms with van der Waals surface area (Å²) in [5.41, 5.74) is 2.29. The van der Waals surface area contributed by atoms with Gasteiger partial charge >= 0.3 is 0 Å². The van der Waals surface area contributed by atoms with Crippen LogP contribution in [-0.2, 0) is 27.7 Å². The first kappa shape index (κ1) is 23.4. The minimum atomic E-state index is -4.05. The molecule has 9 nitrogen and oxygen atoms in total. The van der Waals surface area contributed by atoms with Crippen LogP contribution >= 0.6 is 11.9 Å². The zero-order valence-electron chi connectivity index (χ0n) is 17.4. The normalized spacial score (nSPS) is 18.6. The van der Waals surface area contributed by atoms with Crippen molar-refractivity contribution < 1.29 is 23.1 Å². The first-order valence-electron chi connectivity index (χ1n) is 9.71. The third-order valence-corrected chi connectivity index (χ3v) is 8.86. The van der Waals surface area contributed by atoms with Crippen LogP contribution in [0.4, 0.5) is 11.4 Å². The van der Waals surface area contributed by atoms with Crippen molar-refractivity contribution in [2.45, 2.75) is 18.4 Å². The number of rotatable bonds is 6. The predicted molar refractivity (Wildman–Crippen MR) is 128 cm³/mol. The van der Waals surface area contributed by atoms with E-state index in [-0.39, 0.29) is 22.3 Å². The van der Waals surface area contributed by atoms with Crippen molar-refractivity contribution in [1.29, 1.82) is 0 Å². The number of hydrogen-bond donors (Lipinski definition) is 2. The van der Waals surface area contributed by atoms with Gasteiger partial charge in [0.2, 0.25) is 16.3 Å². The summed E-state index contributed by atoms with van der Waals surface area (Å²) in [5, 5.41) is 19.2. The van der Waals surface area contributed by atoms with E-state index < -0.39 is 26.4 Å². The number of benzene rings is 3. The van der Waals surface area contributed by atoms with Crippen LogP contribution in [0, 0.1) is 12.1 Å². The van der Waals surface area contributed by atoms with E-state index in [2.05, 4.69) is 4.40 Å². The standard InChI is InChI=1S/C21H20N4O5S3/c1-16-7-13-20(14-8-16)33(29,30)22-21-23(15-17-5-3-2-4-6-17)32(28)25(31-21)19-11-9-18(10-12-19)24(26)27/h2-14,24,26H,15H2,1H3. The zero-order valence-corrected chi connectivity index (χ0v) is 19.8. The average molecular weight is 505 g/mol. The number of sulfonamides is 1. The maximum Gasteiger partial charge on any atom is 0.284 e. The van der Waals surface area contributed by atoms with Gasteiger partial charge < -0.3 is 5.21 Å². The molecule has 0 spiro atoms. The Morgan fingerprint density at radius 1 is 1.03 bits per heavy atom. The number of nitrogens with one attached hydrogen (secondary N) is 1. The molecule has 0 aliphatic carbocycles. The van der Waals surface area contributed by atoms with Crippen molar-refractivity contribution in [3.63, 3.8) is 0 Å². The molecule has 0 aromatic heterocycles. The Labute approximate surface area is 198 Å². The lowest BCUT2D eigenvalue weighted by Crippen LogP contribution is -2.99. The Bertz CT molecular complexity index is 1280. The molecular weight excluding hydrogens is 484 g/mol. The smallest absolute Gasteiger partial charge is 0.284 e. The molecular formula is C21H20N4O5S3. The molecule has 33 heavy (non-hydrogen) atoms. The summed E-state index contributed by atoms with van der Waals surface area (Å²) in [5.74, 6) is 0. The molecule has 2 unspecified atom stereocenters. The van der Waals surface area contributed by atoms with Gasteiger partial charge in [0.05, 0.1) is 17.1 Å². The lowest BCUT2D eigenvalue weighted by atomic mass is 10.2. The number of amidine groups is 1. The van der Waals surface area contributed by atoms with Crippen LogP contribution < -0.4 is 8.94 Å². The minimum absolute atomic E-state index is 0.0379. The number of anilines is 1. The number of aryl methyl sites for hydroxylation is 1. The van der Waals surface area contributed by atoms with Crippen molar-refractivity contribution in [1.82, 2.24) is 4.31 Å². The molecule has 1 heterocycles. The molecule has 2 atom stereocenters. The number of nitrogens with zero attached hydrogens (tertiary/aromatic N) is 3. The van der Waals surface area contributed by atoms with E-state index in [1.165, 1.54) is 44.4 Å². The van der Waals surface area contributed by atoms with Gasteiger partial charge in [-0.3, -0.25) is 0 Å². The van der Waals surface area contributed by atoms with Crippen LogP contribution in [0.25, 0.3) is 0 Å². The van der Waals surface area contributed by atoms with Crippen LogP contribution in [0.2, 0.25) is 0 Å². The molecule has 3 aromatic rings. The average Bonchev–Trinajstić information content (AvgIpc) is 3.09. The molecule has 3 aromatic carbocycles. The maximum atomic E-state index is 13.4. The van der Waals surface area contributed by atoms with Crippen LogP contribution in [0.5, 0.6) is 0 Å². The highest BCUT2D eigenvalue weighted by Gasteiger charge is 2.37. The van der Waals surface area contributed by atoms with Crippen LogP contribution in [0.3, 0.4) is 0 Å². The summed E-state index contributed by atoms with van der Waals surface area (Å²) in [6.07, 6.45) is 0. The summed E-state index contributed by atoms with van der Waals surface area (Å²) >= 11 is -0.884. The van der Waals surface area contributed by atoms with Crippen molar-refractivity contribution in [3.05, 3.63) is 95.2 Å². The molecule has 1 fully saturated rings. The molecule has 0 radical (unpaired) electrons. The molecule has 4 rings (SSSR count). The Morgan fingerprint density at radius 3 is 2.27 bits per heavy atom. The summed E-state index contributed by atoms with van der Waals surface area (Å²) in [7, 11) is -4.05. The van der Waals surface area contributed by atoms with Crippen LogP contribution in [0.1, 0.15) is 11.1 Å². The Hall–Kier alpha value is -2.74. The summed E-state index contributed by atoms with van der Waals surface area (Å²) in [4.78, 5) is 0.0379. The number of hydrogen-bond acceptors (Lipinski definition) is 6. The van der Waals surface area contributed by atoms with E-state index in [4.69, 9.17) is 5.21 Å². The molecule has 0 saturated carbocycles. The Kier molecular flexibility index (Phi) is 6.83. The first-order chi connectivity index (χ1) is 15.7. The van der Waals surface area contributed by atoms with E-state index >= 15 is 0 Å². The van der Waals surface area contributed by atoms with Crippen molar-refractivity contribution in [2.24, 2.45) is 4.40 Å². The fourth-order valence-electron chi connectivity index (χ4n) is 2.98. The van der Waals surface area contributed by atoms with Gasteiger partial charge in [0.15, 0.2) is 5.69 Å². The van der Waals surface area contributed by atoms with Crippen molar-refractivity contribution in [2.75, 3.05) is 3.71 Å². The van der Waals surface area contributed by atoms with Gasteiger partial charge in [0.25, 0.3) is 10.0 Å². The van der Waals surface area contributed by atoms with Gasteiger partial charge in [-0.05, 0) is 36.8 Å². The molecule has 2 N–H and O–H groups in total. The number of quaternary nitrogens is 1. The second-order valence-electron chi connectivity index (χ2n) is 7.12. The van der Waals surface area contributed by atoms with Gasteiger partial charge in [0.1, 0.15) is 0 Å². The second-order valence-corrected chi connectivity index (χ2v) is 11.1. The highest BCUT2D eigenvalue weighted by Crippen LogP contribution is 2.36. The molecule has 1 saturated heterocycles. The summed E-state index contributed by atoms with van der Waals surface area (Å²) < 4.78 is 46.1. The Morgan fingerprint density at radius 2 is 1.67 bits per heavy atom. The summed E-state index contributed by atoms with van der Waals surface area (Å²) in [6.45, 7) is 2.03. The SMILES string of the molecule is Cc1ccc(S(=O)(=O)N=C2SN(c3ccc([NH+]([O-])O)cc3)S(=O)N2Cc2ccccc2)cc1. The lowest BCUT2D eigenvalue weighted by Gasteiger charge is -2.18. The molecule has 1 aliphatic heterocycles. The largest absolute Gasteiger partial charge is 0.595 e. The fraction of sp³-hybridized carbons (Fsp3) is 0.0952. The van der Waals surface area contributed by atoms with Gasteiger partial charge in [-0.2, -0.15) is 13.6 Å². The monoisotopic (exact) mass is 504 g/mol. The first-order valence-corrected chi connectivity index (χ1v) is 13.0. The zero-order chi connectivity index (χ0) is 23.6. The van der Waals surface area contributed by atoms with Crippen LogP contribution in [-0.4, -0.2) is 27.3 Å². The van der Waals surface area contributed by atoms with E-state index in [0.717, 1.165) is 23.1 Å². The van der Waals surface area contributed by atoms with E-state index in [0.29, 0.717) is 5.69 Å². The highest BCUT2D eigenvalue weighted by atomic mass is 32.3. The van der Waals surface area contributed by atoms with Gasteiger partial charge in [0, 0.05) is 24.1 Å². The molecule has 12 heteroatoms. The van der Waals surface area contributed by atoms with Gasteiger partial charge in [-0.1, -0.05) is 48.0 Å². The topological polar surface area (TPSA) is 118 Å². The second kappa shape index (κ2) is 9.63. The molecule has 0 amide bonds. The third-order valence-electron chi connectivity index (χ3n) is 4.72. The van der Waals surface area contributed by atoms with Gasteiger partial charge in [-0.15, -0.1) is 4.40 Å². The third kappa shape index (κ3) is 5.27. The Balaban J connectivity index is 1.71. The maximum absolute atomic E-state index is 13.4. The van der Waals surface area contributed by atoms with Crippen LogP contribution in [0.15, 0.2) is 88.2 Å². The lowest BCUT2D eigenvalue weighted by molar-refractivity contribution is -0.991. The quantitative estimate of drug-likeness (QED) is 0.394.